The van der Waals surface area contributed by atoms with Crippen molar-refractivity contribution in [3.63, 3.8) is 0 Å². The predicted octanol–water partition coefficient (Wildman–Crippen LogP) is 3.20. The Morgan fingerprint density at radius 1 is 1.40 bits per heavy atom. The average molecular weight is 457 g/mol. The number of carbonyl (C=O) groups excluding carboxylic acids is 1. The number of carbonyl (C=O) groups is 1. The van der Waals surface area contributed by atoms with E-state index in [1.54, 1.807) is 19.2 Å². The lowest BCUT2D eigenvalue weighted by atomic mass is 10.1. The zero-order chi connectivity index (χ0) is 21.7. The summed E-state index contributed by atoms with van der Waals surface area (Å²) in [6.07, 6.45) is 0.889. The molecule has 1 aliphatic heterocycles. The molecule has 10 heteroatoms. The van der Waals surface area contributed by atoms with Gasteiger partial charge in [0.1, 0.15) is 11.9 Å². The zero-order valence-corrected chi connectivity index (χ0v) is 18.0. The molecule has 0 spiro atoms. The Balaban J connectivity index is 1.63. The maximum Gasteiger partial charge on any atom is 0.234 e. The van der Waals surface area contributed by atoms with Crippen LogP contribution in [0, 0.1) is 5.82 Å². The maximum atomic E-state index is 13.8. The van der Waals surface area contributed by atoms with Crippen molar-refractivity contribution >= 4 is 34.9 Å². The number of nitrogens with zero attached hydrogens (tertiary/aromatic N) is 2. The van der Waals surface area contributed by atoms with E-state index >= 15 is 0 Å². The number of anilines is 1. The number of pyridine rings is 1. The van der Waals surface area contributed by atoms with Gasteiger partial charge in [-0.2, -0.15) is 0 Å². The molecule has 1 aromatic carbocycles. The van der Waals surface area contributed by atoms with E-state index in [4.69, 9.17) is 38.4 Å². The number of amides is 1. The van der Waals surface area contributed by atoms with Crippen LogP contribution < -0.4 is 15.8 Å². The molecule has 1 unspecified atom stereocenters. The fraction of sp³-hybridized carbons (Fsp3) is 0.400. The van der Waals surface area contributed by atoms with Gasteiger partial charge in [0.05, 0.1) is 24.8 Å². The second-order valence-corrected chi connectivity index (χ2v) is 7.69. The van der Waals surface area contributed by atoms with Crippen LogP contribution in [0.1, 0.15) is 24.2 Å². The average Bonchev–Trinajstić information content (AvgIpc) is 2.72. The zero-order valence-electron chi connectivity index (χ0n) is 16.5. The van der Waals surface area contributed by atoms with E-state index in [1.807, 2.05) is 4.90 Å². The number of hydrogen-bond donors (Lipinski definition) is 2. The third-order valence-corrected chi connectivity index (χ3v) is 5.40. The predicted molar refractivity (Wildman–Crippen MR) is 113 cm³/mol. The topological polar surface area (TPSA) is 89.7 Å². The highest BCUT2D eigenvalue weighted by molar-refractivity contribution is 6.36. The van der Waals surface area contributed by atoms with Crippen LogP contribution >= 0.6 is 23.2 Å². The van der Waals surface area contributed by atoms with Crippen molar-refractivity contribution in [3.8, 4) is 5.75 Å². The SMILES string of the molecule is CC(Oc1cc(CNC(=O)CN2CCOCC2)cnc1N)c1c(Cl)ccc(F)c1Cl. The van der Waals surface area contributed by atoms with Gasteiger partial charge in [-0.15, -0.1) is 0 Å². The second kappa shape index (κ2) is 10.3. The maximum absolute atomic E-state index is 13.8. The largest absolute Gasteiger partial charge is 0.482 e. The normalized spacial score (nSPS) is 15.6. The standard InChI is InChI=1S/C20H23Cl2FN4O3/c1-12(18-14(21)2-3-15(23)19(18)22)30-16-8-13(10-26-20(16)24)9-25-17(28)11-27-4-6-29-7-5-27/h2-3,8,10,12H,4-7,9,11H2,1H3,(H2,24,26)(H,25,28). The summed E-state index contributed by atoms with van der Waals surface area (Å²) in [6.45, 7) is 4.99. The van der Waals surface area contributed by atoms with Crippen LogP contribution in [0.5, 0.6) is 5.75 Å². The molecule has 0 aliphatic carbocycles. The van der Waals surface area contributed by atoms with Crippen molar-refractivity contribution in [1.82, 2.24) is 15.2 Å². The Bertz CT molecular complexity index is 910. The van der Waals surface area contributed by atoms with Crippen LogP contribution in [-0.4, -0.2) is 48.6 Å². The Hall–Kier alpha value is -2.13. The van der Waals surface area contributed by atoms with Crippen molar-refractivity contribution in [3.05, 3.63) is 51.4 Å². The summed E-state index contributed by atoms with van der Waals surface area (Å²) in [4.78, 5) is 18.3. The molecule has 1 atom stereocenters. The molecule has 162 valence electrons. The summed E-state index contributed by atoms with van der Waals surface area (Å²) >= 11 is 12.2. The first-order valence-electron chi connectivity index (χ1n) is 9.46. The summed E-state index contributed by atoms with van der Waals surface area (Å²) in [7, 11) is 0. The van der Waals surface area contributed by atoms with Gasteiger partial charge in [0.15, 0.2) is 11.6 Å². The van der Waals surface area contributed by atoms with Gasteiger partial charge in [0.25, 0.3) is 0 Å². The van der Waals surface area contributed by atoms with E-state index in [0.29, 0.717) is 36.6 Å². The number of aromatic nitrogens is 1. The van der Waals surface area contributed by atoms with Gasteiger partial charge >= 0.3 is 0 Å². The van der Waals surface area contributed by atoms with Gasteiger partial charge in [-0.3, -0.25) is 9.69 Å². The van der Waals surface area contributed by atoms with Gasteiger partial charge in [-0.25, -0.2) is 9.37 Å². The van der Waals surface area contributed by atoms with Crippen LogP contribution in [0.15, 0.2) is 24.4 Å². The van der Waals surface area contributed by atoms with Crippen molar-refractivity contribution in [2.24, 2.45) is 0 Å². The molecule has 30 heavy (non-hydrogen) atoms. The van der Waals surface area contributed by atoms with Gasteiger partial charge < -0.3 is 20.5 Å². The molecule has 1 fully saturated rings. The van der Waals surface area contributed by atoms with Crippen LogP contribution in [0.25, 0.3) is 0 Å². The summed E-state index contributed by atoms with van der Waals surface area (Å²) in [5.41, 5.74) is 6.95. The van der Waals surface area contributed by atoms with Gasteiger partial charge in [0.2, 0.25) is 5.91 Å². The van der Waals surface area contributed by atoms with Crippen molar-refractivity contribution in [2.75, 3.05) is 38.6 Å². The first-order valence-corrected chi connectivity index (χ1v) is 10.2. The molecule has 1 aliphatic rings. The number of benzene rings is 1. The monoisotopic (exact) mass is 456 g/mol. The van der Waals surface area contributed by atoms with Crippen LogP contribution in [0.3, 0.4) is 0 Å². The van der Waals surface area contributed by atoms with Crippen molar-refractivity contribution in [2.45, 2.75) is 19.6 Å². The molecule has 0 radical (unpaired) electrons. The molecular weight excluding hydrogens is 434 g/mol. The molecule has 2 aromatic rings. The minimum atomic E-state index is -0.670. The number of morpholine rings is 1. The molecule has 0 saturated carbocycles. The first kappa shape index (κ1) is 22.6. The van der Waals surface area contributed by atoms with Gasteiger partial charge in [-0.05, 0) is 30.7 Å². The van der Waals surface area contributed by atoms with E-state index < -0.39 is 11.9 Å². The van der Waals surface area contributed by atoms with Gasteiger partial charge in [-0.1, -0.05) is 23.2 Å². The summed E-state index contributed by atoms with van der Waals surface area (Å²) < 4.78 is 24.9. The van der Waals surface area contributed by atoms with E-state index in [9.17, 15) is 9.18 Å². The van der Waals surface area contributed by atoms with Crippen molar-refractivity contribution < 1.29 is 18.7 Å². The minimum Gasteiger partial charge on any atom is -0.482 e. The molecule has 7 nitrogen and oxygen atoms in total. The highest BCUT2D eigenvalue weighted by Gasteiger charge is 2.20. The molecule has 0 bridgehead atoms. The highest BCUT2D eigenvalue weighted by Crippen LogP contribution is 2.35. The van der Waals surface area contributed by atoms with E-state index in [0.717, 1.165) is 13.1 Å². The minimum absolute atomic E-state index is 0.0946. The number of halogens is 3. The smallest absolute Gasteiger partial charge is 0.234 e. The molecule has 1 aromatic heterocycles. The molecule has 1 saturated heterocycles. The van der Waals surface area contributed by atoms with Crippen molar-refractivity contribution in [1.29, 1.82) is 0 Å². The highest BCUT2D eigenvalue weighted by atomic mass is 35.5. The molecule has 2 heterocycles. The number of hydrogen-bond acceptors (Lipinski definition) is 6. The lowest BCUT2D eigenvalue weighted by Crippen LogP contribution is -2.43. The number of nitrogens with one attached hydrogen (secondary N) is 1. The fourth-order valence-corrected chi connectivity index (χ4v) is 3.75. The summed E-state index contributed by atoms with van der Waals surface area (Å²) in [6, 6.07) is 4.28. The third-order valence-electron chi connectivity index (χ3n) is 4.69. The van der Waals surface area contributed by atoms with E-state index in [-0.39, 0.29) is 28.3 Å². The Labute approximate surface area is 184 Å². The molecular formula is C20H23Cl2FN4O3. The summed E-state index contributed by atoms with van der Waals surface area (Å²) in [5.74, 6) is -0.232. The van der Waals surface area contributed by atoms with Crippen LogP contribution in [-0.2, 0) is 16.1 Å². The Morgan fingerprint density at radius 3 is 2.87 bits per heavy atom. The number of ether oxygens (including phenoxy) is 2. The number of nitrogens with two attached hydrogens (primary N) is 1. The molecule has 3 rings (SSSR count). The Morgan fingerprint density at radius 2 is 2.13 bits per heavy atom. The first-order chi connectivity index (χ1) is 14.3. The van der Waals surface area contributed by atoms with E-state index in [1.165, 1.54) is 12.1 Å². The summed E-state index contributed by atoms with van der Waals surface area (Å²) in [5, 5.41) is 3.03. The lowest BCUT2D eigenvalue weighted by molar-refractivity contribution is -0.123. The fourth-order valence-electron chi connectivity index (χ4n) is 3.07. The number of nitrogen functional groups attached to an aromatic ring is 1. The van der Waals surface area contributed by atoms with Crippen LogP contribution in [0.2, 0.25) is 10.0 Å². The molecule has 1 amide bonds. The van der Waals surface area contributed by atoms with Crippen LogP contribution in [0.4, 0.5) is 10.2 Å². The quantitative estimate of drug-likeness (QED) is 0.621. The van der Waals surface area contributed by atoms with Gasteiger partial charge in [0, 0.05) is 36.4 Å². The lowest BCUT2D eigenvalue weighted by Gasteiger charge is -2.25. The number of rotatable bonds is 7. The molecule has 3 N–H and O–H groups in total. The third kappa shape index (κ3) is 5.72. The Kier molecular flexibility index (Phi) is 7.71. The van der Waals surface area contributed by atoms with E-state index in [2.05, 4.69) is 10.3 Å². The second-order valence-electron chi connectivity index (χ2n) is 6.91.